The molecule has 1 fully saturated rings. The Labute approximate surface area is 57.2 Å². The van der Waals surface area contributed by atoms with Crippen LogP contribution in [0.1, 0.15) is 26.2 Å². The van der Waals surface area contributed by atoms with Crippen molar-refractivity contribution in [2.24, 2.45) is 0 Å². The van der Waals surface area contributed by atoms with Crippen molar-refractivity contribution in [2.75, 3.05) is 0 Å². The van der Waals surface area contributed by atoms with Gasteiger partial charge in [-0.1, -0.05) is 0 Å². The molecule has 9 heavy (non-hydrogen) atoms. The van der Waals surface area contributed by atoms with E-state index in [1.807, 2.05) is 0 Å². The lowest BCUT2D eigenvalue weighted by Crippen LogP contribution is -2.03. The summed E-state index contributed by atoms with van der Waals surface area (Å²) < 4.78 is 20.6. The molecule has 0 bridgehead atoms. The quantitative estimate of drug-likeness (QED) is 0.597. The van der Waals surface area contributed by atoms with E-state index in [0.717, 1.165) is 19.3 Å². The first kappa shape index (κ1) is 7.06. The molecule has 0 aliphatic heterocycles. The average molecular weight is 147 g/mol. The van der Waals surface area contributed by atoms with Crippen LogP contribution in [0.5, 0.6) is 0 Å². The lowest BCUT2D eigenvalue weighted by Gasteiger charge is -1.97. The maximum Gasteiger partial charge on any atom is 0.142 e. The van der Waals surface area contributed by atoms with Crippen molar-refractivity contribution in [1.29, 1.82) is 0 Å². The molecule has 1 radical (unpaired) electrons. The lowest BCUT2D eigenvalue weighted by atomic mass is 10.2. The van der Waals surface area contributed by atoms with Crippen LogP contribution in [0.3, 0.4) is 0 Å². The number of rotatable bonds is 3. The van der Waals surface area contributed by atoms with Gasteiger partial charge < -0.3 is 0 Å². The van der Waals surface area contributed by atoms with Gasteiger partial charge in [-0.2, -0.15) is 0 Å². The van der Waals surface area contributed by atoms with E-state index in [1.165, 1.54) is 5.92 Å². The first-order valence-electron chi connectivity index (χ1n) is 3.17. The molecule has 0 saturated heterocycles. The van der Waals surface area contributed by atoms with Gasteiger partial charge in [-0.3, -0.25) is 0 Å². The van der Waals surface area contributed by atoms with Crippen LogP contribution >= 0.6 is 0 Å². The molecular formula is C6H11O2S. The van der Waals surface area contributed by atoms with Crippen LogP contribution in [0.4, 0.5) is 0 Å². The Morgan fingerprint density at radius 1 is 1.56 bits per heavy atom. The summed E-state index contributed by atoms with van der Waals surface area (Å²) in [6.07, 6.45) is 3.12. The average Bonchev–Trinajstić information content (AvgIpc) is 2.50. The van der Waals surface area contributed by atoms with Crippen molar-refractivity contribution in [3.63, 3.8) is 0 Å². The van der Waals surface area contributed by atoms with Crippen LogP contribution in [0.15, 0.2) is 0 Å². The first-order valence-corrected chi connectivity index (χ1v) is 4.42. The molecule has 3 heteroatoms. The highest BCUT2D eigenvalue weighted by molar-refractivity contribution is 7.73. The second kappa shape index (κ2) is 2.69. The Morgan fingerprint density at radius 2 is 2.11 bits per heavy atom. The molecule has 1 aliphatic carbocycles. The lowest BCUT2D eigenvalue weighted by molar-refractivity contribution is 0.601. The third-order valence-electron chi connectivity index (χ3n) is 1.55. The van der Waals surface area contributed by atoms with Crippen LogP contribution in [-0.2, 0) is 10.7 Å². The van der Waals surface area contributed by atoms with Gasteiger partial charge in [0.15, 0.2) is 0 Å². The van der Waals surface area contributed by atoms with Crippen molar-refractivity contribution in [1.82, 2.24) is 0 Å². The van der Waals surface area contributed by atoms with Crippen molar-refractivity contribution >= 4 is 10.7 Å². The maximum atomic E-state index is 10.3. The number of thiol groups is 1. The fourth-order valence-corrected chi connectivity index (χ4v) is 1.19. The van der Waals surface area contributed by atoms with E-state index in [1.54, 1.807) is 6.92 Å². The molecule has 1 rings (SSSR count). The second-order valence-electron chi connectivity index (χ2n) is 2.59. The molecule has 0 aromatic heterocycles. The summed E-state index contributed by atoms with van der Waals surface area (Å²) in [6.45, 7) is 1.76. The van der Waals surface area contributed by atoms with Crippen LogP contribution < -0.4 is 0 Å². The molecule has 2 nitrogen and oxygen atoms in total. The monoisotopic (exact) mass is 147 g/mol. The van der Waals surface area contributed by atoms with Crippen molar-refractivity contribution < 1.29 is 8.42 Å². The normalized spacial score (nSPS) is 22.4. The summed E-state index contributed by atoms with van der Waals surface area (Å²) in [5, 5.41) is -0.127. The smallest absolute Gasteiger partial charge is 0.142 e. The van der Waals surface area contributed by atoms with Gasteiger partial charge in [0, 0.05) is 0 Å². The van der Waals surface area contributed by atoms with Gasteiger partial charge in [0.05, 0.1) is 5.25 Å². The molecule has 0 spiro atoms. The Balaban J connectivity index is 2.24. The number of hydrogen-bond donors (Lipinski definition) is 1. The molecule has 1 saturated carbocycles. The molecule has 0 aromatic carbocycles. The van der Waals surface area contributed by atoms with Crippen molar-refractivity contribution in [2.45, 2.75) is 31.4 Å². The standard InChI is InChI=1S/C6H11O2S/c1-5(9(7)8)4-6-2-3-6/h5,9H,2-4H2,1H3. The van der Waals surface area contributed by atoms with Gasteiger partial charge in [-0.05, 0) is 32.1 Å². The maximum absolute atomic E-state index is 10.3. The Morgan fingerprint density at radius 3 is 2.44 bits per heavy atom. The van der Waals surface area contributed by atoms with Gasteiger partial charge in [-0.15, -0.1) is 0 Å². The zero-order valence-corrected chi connectivity index (χ0v) is 6.36. The van der Waals surface area contributed by atoms with Crippen LogP contribution in [0.25, 0.3) is 0 Å². The van der Waals surface area contributed by atoms with Crippen molar-refractivity contribution in [3.8, 4) is 0 Å². The van der Waals surface area contributed by atoms with Crippen LogP contribution in [0, 0.1) is 5.92 Å². The van der Waals surface area contributed by atoms with E-state index in [4.69, 9.17) is 0 Å². The summed E-state index contributed by atoms with van der Waals surface area (Å²) >= 11 is 0. The van der Waals surface area contributed by atoms with E-state index < -0.39 is 10.7 Å². The van der Waals surface area contributed by atoms with E-state index in [9.17, 15) is 8.42 Å². The molecule has 0 amide bonds. The van der Waals surface area contributed by atoms with E-state index in [2.05, 4.69) is 0 Å². The van der Waals surface area contributed by atoms with Gasteiger partial charge in [0.25, 0.3) is 0 Å². The minimum atomic E-state index is -2.18. The zero-order chi connectivity index (χ0) is 6.85. The van der Waals surface area contributed by atoms with E-state index >= 15 is 0 Å². The van der Waals surface area contributed by atoms with Gasteiger partial charge in [-0.25, -0.2) is 8.42 Å². The summed E-state index contributed by atoms with van der Waals surface area (Å²) in [5.74, 6) is 1.42. The molecule has 1 aliphatic rings. The summed E-state index contributed by atoms with van der Waals surface area (Å²) in [4.78, 5) is 0. The van der Waals surface area contributed by atoms with Crippen LogP contribution in [0.2, 0.25) is 0 Å². The van der Waals surface area contributed by atoms with E-state index in [0.29, 0.717) is 0 Å². The zero-order valence-electron chi connectivity index (χ0n) is 5.46. The van der Waals surface area contributed by atoms with Gasteiger partial charge in [0.1, 0.15) is 10.7 Å². The first-order chi connectivity index (χ1) is 4.20. The van der Waals surface area contributed by atoms with Gasteiger partial charge >= 0.3 is 0 Å². The fraction of sp³-hybridized carbons (Fsp3) is 0.833. The molecule has 1 unspecified atom stereocenters. The summed E-state index contributed by atoms with van der Waals surface area (Å²) in [6, 6.07) is 0. The Bertz CT molecular complexity index is 150. The Hall–Kier alpha value is -0.0500. The second-order valence-corrected chi connectivity index (χ2v) is 4.04. The highest BCUT2D eigenvalue weighted by Gasteiger charge is 2.24. The minimum Gasteiger partial charge on any atom is -0.232 e. The Kier molecular flexibility index (Phi) is 2.11. The molecule has 53 valence electrons. The van der Waals surface area contributed by atoms with E-state index in [-0.39, 0.29) is 5.25 Å². The molecule has 0 N–H and O–H groups in total. The SMILES string of the molecule is CC(C[C]1CC1)[SH](=O)=O. The highest BCUT2D eigenvalue weighted by Crippen LogP contribution is 2.36. The molecule has 0 heterocycles. The van der Waals surface area contributed by atoms with Crippen LogP contribution in [-0.4, -0.2) is 13.7 Å². The fourth-order valence-electron chi connectivity index (χ4n) is 0.785. The predicted octanol–water partition coefficient (Wildman–Crippen LogP) is 0.745. The highest BCUT2D eigenvalue weighted by atomic mass is 32.2. The van der Waals surface area contributed by atoms with Crippen molar-refractivity contribution in [3.05, 3.63) is 5.92 Å². The summed E-state index contributed by atoms with van der Waals surface area (Å²) in [7, 11) is -2.18. The molecule has 1 atom stereocenters. The predicted molar refractivity (Wildman–Crippen MR) is 36.9 cm³/mol. The molecular weight excluding hydrogens is 136 g/mol. The third-order valence-corrected chi connectivity index (χ3v) is 2.45. The summed E-state index contributed by atoms with van der Waals surface area (Å²) in [5.41, 5.74) is 0. The molecule has 0 aromatic rings. The third kappa shape index (κ3) is 2.35. The van der Waals surface area contributed by atoms with Gasteiger partial charge in [0.2, 0.25) is 0 Å². The number of hydrogen-bond acceptors (Lipinski definition) is 2. The minimum absolute atomic E-state index is 0.127. The largest absolute Gasteiger partial charge is 0.232 e. The topological polar surface area (TPSA) is 34.1 Å².